The zero-order valence-electron chi connectivity index (χ0n) is 16.3. The van der Waals surface area contributed by atoms with Gasteiger partial charge in [0.15, 0.2) is 5.82 Å². The Morgan fingerprint density at radius 1 is 1.14 bits per heavy atom. The minimum absolute atomic E-state index is 0.0186. The Labute approximate surface area is 168 Å². The maximum Gasteiger partial charge on any atom is 0.257 e. The van der Waals surface area contributed by atoms with E-state index in [1.54, 1.807) is 23.0 Å². The molecule has 3 aromatic rings. The highest BCUT2D eigenvalue weighted by atomic mass is 16.2. The van der Waals surface area contributed by atoms with Gasteiger partial charge >= 0.3 is 0 Å². The fourth-order valence-corrected chi connectivity index (χ4v) is 3.32. The molecular weight excluding hydrogens is 368 g/mol. The Morgan fingerprint density at radius 3 is 2.55 bits per heavy atom. The van der Waals surface area contributed by atoms with Crippen LogP contribution >= 0.6 is 0 Å². The average Bonchev–Trinajstić information content (AvgIpc) is 3.06. The summed E-state index contributed by atoms with van der Waals surface area (Å²) in [5, 5.41) is 10.1. The molecule has 8 heteroatoms. The first-order chi connectivity index (χ1) is 14.0. The van der Waals surface area contributed by atoms with Crippen LogP contribution in [0.4, 0.5) is 11.4 Å². The van der Waals surface area contributed by atoms with Crippen molar-refractivity contribution >= 4 is 23.2 Å². The van der Waals surface area contributed by atoms with Crippen LogP contribution in [0.5, 0.6) is 0 Å². The molecule has 29 heavy (non-hydrogen) atoms. The Balaban J connectivity index is 1.42. The number of anilines is 2. The number of aryl methyl sites for hydroxylation is 2. The van der Waals surface area contributed by atoms with E-state index < -0.39 is 0 Å². The second kappa shape index (κ2) is 7.75. The summed E-state index contributed by atoms with van der Waals surface area (Å²) in [6.07, 6.45) is 1.54. The van der Waals surface area contributed by atoms with Crippen molar-refractivity contribution in [2.75, 3.05) is 29.9 Å². The summed E-state index contributed by atoms with van der Waals surface area (Å²) in [5.41, 5.74) is 4.00. The van der Waals surface area contributed by atoms with Crippen LogP contribution in [0.2, 0.25) is 0 Å². The van der Waals surface area contributed by atoms with E-state index in [1.807, 2.05) is 49.1 Å². The molecule has 0 saturated carbocycles. The molecule has 0 spiro atoms. The minimum atomic E-state index is -0.234. The van der Waals surface area contributed by atoms with Crippen molar-refractivity contribution in [1.82, 2.24) is 20.1 Å². The SMILES string of the molecule is Cc1cc(C)n(-c2ccc(C(=O)Nc3ccc(N4CCNC(=O)C4)cc3)cn2)n1. The second-order valence-electron chi connectivity index (χ2n) is 7.02. The van der Waals surface area contributed by atoms with Crippen molar-refractivity contribution in [2.24, 2.45) is 0 Å². The number of aromatic nitrogens is 3. The number of hydrogen-bond acceptors (Lipinski definition) is 5. The lowest BCUT2D eigenvalue weighted by Gasteiger charge is -2.28. The third-order valence-corrected chi connectivity index (χ3v) is 4.77. The topological polar surface area (TPSA) is 92.2 Å². The first-order valence-corrected chi connectivity index (χ1v) is 9.42. The summed E-state index contributed by atoms with van der Waals surface area (Å²) in [6, 6.07) is 12.9. The highest BCUT2D eigenvalue weighted by Crippen LogP contribution is 2.19. The fourth-order valence-electron chi connectivity index (χ4n) is 3.32. The molecule has 2 aromatic heterocycles. The average molecular weight is 390 g/mol. The summed E-state index contributed by atoms with van der Waals surface area (Å²) >= 11 is 0. The number of rotatable bonds is 4. The molecule has 1 aromatic carbocycles. The third kappa shape index (κ3) is 4.11. The van der Waals surface area contributed by atoms with E-state index in [2.05, 4.69) is 20.7 Å². The van der Waals surface area contributed by atoms with Crippen LogP contribution in [0.15, 0.2) is 48.7 Å². The quantitative estimate of drug-likeness (QED) is 0.712. The number of nitrogens with zero attached hydrogens (tertiary/aromatic N) is 4. The van der Waals surface area contributed by atoms with Crippen LogP contribution in [-0.4, -0.2) is 46.2 Å². The second-order valence-corrected chi connectivity index (χ2v) is 7.02. The zero-order chi connectivity index (χ0) is 20.4. The number of benzene rings is 1. The van der Waals surface area contributed by atoms with Gasteiger partial charge < -0.3 is 15.5 Å². The van der Waals surface area contributed by atoms with Crippen LogP contribution in [0.3, 0.4) is 0 Å². The summed E-state index contributed by atoms with van der Waals surface area (Å²) in [5.74, 6) is 0.453. The van der Waals surface area contributed by atoms with Crippen LogP contribution in [0.1, 0.15) is 21.7 Å². The lowest BCUT2D eigenvalue weighted by atomic mass is 10.2. The first kappa shape index (κ1) is 18.7. The van der Waals surface area contributed by atoms with Gasteiger partial charge in [0.2, 0.25) is 5.91 Å². The predicted octanol–water partition coefficient (Wildman–Crippen LogP) is 2.07. The highest BCUT2D eigenvalue weighted by Gasteiger charge is 2.16. The molecule has 4 rings (SSSR count). The molecular formula is C21H22N6O2. The van der Waals surface area contributed by atoms with Gasteiger partial charge in [0.25, 0.3) is 5.91 Å². The largest absolute Gasteiger partial charge is 0.360 e. The van der Waals surface area contributed by atoms with E-state index in [9.17, 15) is 9.59 Å². The lowest BCUT2D eigenvalue weighted by Crippen LogP contribution is -2.47. The summed E-state index contributed by atoms with van der Waals surface area (Å²) in [7, 11) is 0. The fraction of sp³-hybridized carbons (Fsp3) is 0.238. The minimum Gasteiger partial charge on any atom is -0.360 e. The maximum absolute atomic E-state index is 12.5. The van der Waals surface area contributed by atoms with Gasteiger partial charge in [0, 0.05) is 36.4 Å². The number of amides is 2. The van der Waals surface area contributed by atoms with Gasteiger partial charge in [-0.3, -0.25) is 9.59 Å². The molecule has 1 aliphatic heterocycles. The molecule has 0 radical (unpaired) electrons. The molecule has 0 unspecified atom stereocenters. The van der Waals surface area contributed by atoms with Crippen molar-refractivity contribution in [1.29, 1.82) is 0 Å². The van der Waals surface area contributed by atoms with E-state index in [1.165, 1.54) is 0 Å². The Morgan fingerprint density at radius 2 is 1.93 bits per heavy atom. The number of hydrogen-bond donors (Lipinski definition) is 2. The van der Waals surface area contributed by atoms with Gasteiger partial charge in [0.05, 0.1) is 17.8 Å². The maximum atomic E-state index is 12.5. The highest BCUT2D eigenvalue weighted by molar-refractivity contribution is 6.04. The van der Waals surface area contributed by atoms with E-state index >= 15 is 0 Å². The van der Waals surface area contributed by atoms with Crippen LogP contribution in [0, 0.1) is 13.8 Å². The first-order valence-electron chi connectivity index (χ1n) is 9.42. The van der Waals surface area contributed by atoms with Crippen molar-refractivity contribution in [3.63, 3.8) is 0 Å². The number of piperazine rings is 1. The van der Waals surface area contributed by atoms with Gasteiger partial charge in [-0.05, 0) is 56.3 Å². The van der Waals surface area contributed by atoms with Gasteiger partial charge in [-0.1, -0.05) is 0 Å². The van der Waals surface area contributed by atoms with Crippen LogP contribution in [0.25, 0.3) is 5.82 Å². The molecule has 0 atom stereocenters. The molecule has 1 aliphatic rings. The summed E-state index contributed by atoms with van der Waals surface area (Å²) < 4.78 is 1.75. The van der Waals surface area contributed by atoms with E-state index in [-0.39, 0.29) is 11.8 Å². The van der Waals surface area contributed by atoms with E-state index in [0.717, 1.165) is 23.6 Å². The predicted molar refractivity (Wildman–Crippen MR) is 110 cm³/mol. The molecule has 0 bridgehead atoms. The summed E-state index contributed by atoms with van der Waals surface area (Å²) in [6.45, 7) is 5.64. The van der Waals surface area contributed by atoms with Crippen molar-refractivity contribution < 1.29 is 9.59 Å². The number of carbonyl (C=O) groups excluding carboxylic acids is 2. The number of pyridine rings is 1. The third-order valence-electron chi connectivity index (χ3n) is 4.77. The smallest absolute Gasteiger partial charge is 0.257 e. The molecule has 0 aliphatic carbocycles. The van der Waals surface area contributed by atoms with Crippen molar-refractivity contribution in [3.05, 3.63) is 65.6 Å². The van der Waals surface area contributed by atoms with Gasteiger partial charge in [0.1, 0.15) is 0 Å². The Hall–Kier alpha value is -3.68. The normalized spacial score (nSPS) is 13.9. The van der Waals surface area contributed by atoms with Crippen molar-refractivity contribution in [3.8, 4) is 5.82 Å². The molecule has 148 valence electrons. The molecule has 1 saturated heterocycles. The Bertz CT molecular complexity index is 1040. The number of nitrogens with one attached hydrogen (secondary N) is 2. The summed E-state index contributed by atoms with van der Waals surface area (Å²) in [4.78, 5) is 30.4. The molecule has 8 nitrogen and oxygen atoms in total. The molecule has 2 N–H and O–H groups in total. The standard InChI is InChI=1S/C21H22N6O2/c1-14-11-15(2)27(25-14)19-8-3-16(12-23-19)21(29)24-17-4-6-18(7-5-17)26-10-9-22-20(28)13-26/h3-8,11-12H,9-10,13H2,1-2H3,(H,22,28)(H,24,29). The van der Waals surface area contributed by atoms with Crippen molar-refractivity contribution in [2.45, 2.75) is 13.8 Å². The van der Waals surface area contributed by atoms with Gasteiger partial charge in [-0.2, -0.15) is 5.10 Å². The van der Waals surface area contributed by atoms with E-state index in [4.69, 9.17) is 0 Å². The van der Waals surface area contributed by atoms with Gasteiger partial charge in [-0.25, -0.2) is 9.67 Å². The molecule has 2 amide bonds. The van der Waals surface area contributed by atoms with Crippen LogP contribution in [-0.2, 0) is 4.79 Å². The molecule has 1 fully saturated rings. The zero-order valence-corrected chi connectivity index (χ0v) is 16.3. The monoisotopic (exact) mass is 390 g/mol. The van der Waals surface area contributed by atoms with Crippen LogP contribution < -0.4 is 15.5 Å². The van der Waals surface area contributed by atoms with Gasteiger partial charge in [-0.15, -0.1) is 0 Å². The molecule has 3 heterocycles. The number of carbonyl (C=O) groups is 2. The van der Waals surface area contributed by atoms with E-state index in [0.29, 0.717) is 30.2 Å². The lowest BCUT2D eigenvalue weighted by molar-refractivity contribution is -0.120. The Kier molecular flexibility index (Phi) is 4.99.